The number of aryl methyl sites for hydroxylation is 2. The second-order valence-corrected chi connectivity index (χ2v) is 4.83. The molecule has 3 nitrogen and oxygen atoms in total. The minimum absolute atomic E-state index is 0.0150. The third kappa shape index (κ3) is 3.04. The van der Waals surface area contributed by atoms with E-state index in [1.807, 2.05) is 38.1 Å². The SMILES string of the molecule is Cc1cc(C(=O)CCl)c(C)n1CCc1ccccn1. The van der Waals surface area contributed by atoms with E-state index in [0.717, 1.165) is 35.6 Å². The Morgan fingerprint density at radius 1 is 1.37 bits per heavy atom. The highest BCUT2D eigenvalue weighted by Gasteiger charge is 2.14. The highest BCUT2D eigenvalue weighted by atomic mass is 35.5. The summed E-state index contributed by atoms with van der Waals surface area (Å²) in [5.74, 6) is 0.0173. The molecule has 0 aliphatic rings. The lowest BCUT2D eigenvalue weighted by molar-refractivity contribution is 0.102. The summed E-state index contributed by atoms with van der Waals surface area (Å²) in [5, 5.41) is 0. The normalized spacial score (nSPS) is 10.7. The van der Waals surface area contributed by atoms with Crippen molar-refractivity contribution in [3.8, 4) is 0 Å². The lowest BCUT2D eigenvalue weighted by atomic mass is 10.2. The average Bonchev–Trinajstić information content (AvgIpc) is 2.72. The number of Topliss-reactive ketones (excluding diaryl/α,β-unsaturated/α-hetero) is 1. The predicted octanol–water partition coefficient (Wildman–Crippen LogP) is 3.16. The van der Waals surface area contributed by atoms with Crippen LogP contribution >= 0.6 is 11.6 Å². The third-order valence-electron chi connectivity index (χ3n) is 3.31. The van der Waals surface area contributed by atoms with Gasteiger partial charge in [0.15, 0.2) is 5.78 Å². The van der Waals surface area contributed by atoms with Crippen molar-refractivity contribution in [2.24, 2.45) is 0 Å². The highest BCUT2D eigenvalue weighted by molar-refractivity contribution is 6.30. The monoisotopic (exact) mass is 276 g/mol. The second-order valence-electron chi connectivity index (χ2n) is 4.56. The summed E-state index contributed by atoms with van der Waals surface area (Å²) in [6, 6.07) is 7.82. The molecule has 0 atom stereocenters. The summed E-state index contributed by atoms with van der Waals surface area (Å²) >= 11 is 5.62. The number of ketones is 1. The molecule has 0 fully saturated rings. The molecular formula is C15H17ClN2O. The van der Waals surface area contributed by atoms with Crippen LogP contribution in [0.15, 0.2) is 30.5 Å². The number of hydrogen-bond acceptors (Lipinski definition) is 2. The number of halogens is 1. The summed E-state index contributed by atoms with van der Waals surface area (Å²) in [6.45, 7) is 4.80. The first kappa shape index (κ1) is 13.8. The Kier molecular flexibility index (Phi) is 4.38. The van der Waals surface area contributed by atoms with Crippen LogP contribution < -0.4 is 0 Å². The van der Waals surface area contributed by atoms with Crippen molar-refractivity contribution in [1.29, 1.82) is 0 Å². The molecule has 0 saturated heterocycles. The molecule has 0 radical (unpaired) electrons. The maximum atomic E-state index is 11.7. The second kappa shape index (κ2) is 6.02. The van der Waals surface area contributed by atoms with E-state index in [1.54, 1.807) is 6.20 Å². The van der Waals surface area contributed by atoms with Crippen LogP contribution in [0.25, 0.3) is 0 Å². The van der Waals surface area contributed by atoms with E-state index in [2.05, 4.69) is 9.55 Å². The molecule has 0 amide bonds. The van der Waals surface area contributed by atoms with Gasteiger partial charge in [0.25, 0.3) is 0 Å². The molecule has 0 saturated carbocycles. The number of carbonyl (C=O) groups excluding carboxylic acids is 1. The van der Waals surface area contributed by atoms with Gasteiger partial charge in [0.05, 0.1) is 5.88 Å². The number of carbonyl (C=O) groups is 1. The van der Waals surface area contributed by atoms with Crippen LogP contribution in [0.3, 0.4) is 0 Å². The zero-order valence-corrected chi connectivity index (χ0v) is 11.9. The van der Waals surface area contributed by atoms with Crippen LogP contribution in [0, 0.1) is 13.8 Å². The van der Waals surface area contributed by atoms with Gasteiger partial charge >= 0.3 is 0 Å². The van der Waals surface area contributed by atoms with Gasteiger partial charge < -0.3 is 4.57 Å². The Morgan fingerprint density at radius 3 is 2.79 bits per heavy atom. The highest BCUT2D eigenvalue weighted by Crippen LogP contribution is 2.17. The number of rotatable bonds is 5. The summed E-state index contributed by atoms with van der Waals surface area (Å²) in [7, 11) is 0. The van der Waals surface area contributed by atoms with Gasteiger partial charge in [-0.25, -0.2) is 0 Å². The van der Waals surface area contributed by atoms with Crippen molar-refractivity contribution in [1.82, 2.24) is 9.55 Å². The lowest BCUT2D eigenvalue weighted by Crippen LogP contribution is -2.08. The first-order valence-corrected chi connectivity index (χ1v) is 6.82. The van der Waals surface area contributed by atoms with Crippen LogP contribution in [-0.4, -0.2) is 21.2 Å². The van der Waals surface area contributed by atoms with Crippen LogP contribution in [0.2, 0.25) is 0 Å². The summed E-state index contributed by atoms with van der Waals surface area (Å²) in [6.07, 6.45) is 2.65. The van der Waals surface area contributed by atoms with Gasteiger partial charge in [-0.15, -0.1) is 11.6 Å². The molecule has 0 aliphatic carbocycles. The van der Waals surface area contributed by atoms with Crippen molar-refractivity contribution in [3.05, 3.63) is 53.1 Å². The lowest BCUT2D eigenvalue weighted by Gasteiger charge is -2.09. The smallest absolute Gasteiger partial charge is 0.179 e. The molecule has 0 spiro atoms. The topological polar surface area (TPSA) is 34.9 Å². The molecule has 2 rings (SSSR count). The van der Waals surface area contributed by atoms with E-state index in [-0.39, 0.29) is 11.7 Å². The molecule has 4 heteroatoms. The molecule has 2 aromatic rings. The standard InChI is InChI=1S/C15H17ClN2O/c1-11-9-14(15(19)10-16)12(2)18(11)8-6-13-5-3-4-7-17-13/h3-5,7,9H,6,8,10H2,1-2H3. The molecular weight excluding hydrogens is 260 g/mol. The van der Waals surface area contributed by atoms with Gasteiger partial charge in [0.2, 0.25) is 0 Å². The number of pyridine rings is 1. The van der Waals surface area contributed by atoms with Crippen LogP contribution in [0.5, 0.6) is 0 Å². The van der Waals surface area contributed by atoms with Gasteiger partial charge in [0, 0.05) is 41.8 Å². The fourth-order valence-electron chi connectivity index (χ4n) is 2.27. The predicted molar refractivity (Wildman–Crippen MR) is 76.9 cm³/mol. The number of aromatic nitrogens is 2. The molecule has 19 heavy (non-hydrogen) atoms. The third-order valence-corrected chi connectivity index (χ3v) is 3.56. The van der Waals surface area contributed by atoms with E-state index < -0.39 is 0 Å². The van der Waals surface area contributed by atoms with Crippen LogP contribution in [-0.2, 0) is 13.0 Å². The zero-order valence-electron chi connectivity index (χ0n) is 11.2. The Hall–Kier alpha value is -1.61. The van der Waals surface area contributed by atoms with Gasteiger partial charge in [-0.1, -0.05) is 6.07 Å². The number of hydrogen-bond donors (Lipinski definition) is 0. The van der Waals surface area contributed by atoms with Gasteiger partial charge in [-0.3, -0.25) is 9.78 Å². The first-order valence-electron chi connectivity index (χ1n) is 6.29. The maximum absolute atomic E-state index is 11.7. The van der Waals surface area contributed by atoms with Gasteiger partial charge in [-0.05, 0) is 32.0 Å². The largest absolute Gasteiger partial charge is 0.348 e. The Balaban J connectivity index is 2.17. The summed E-state index contributed by atoms with van der Waals surface area (Å²) in [4.78, 5) is 16.0. The molecule has 2 aromatic heterocycles. The zero-order chi connectivity index (χ0) is 13.8. The van der Waals surface area contributed by atoms with E-state index in [9.17, 15) is 4.79 Å². The van der Waals surface area contributed by atoms with E-state index in [4.69, 9.17) is 11.6 Å². The van der Waals surface area contributed by atoms with Crippen molar-refractivity contribution in [2.75, 3.05) is 5.88 Å². The van der Waals surface area contributed by atoms with Gasteiger partial charge in [-0.2, -0.15) is 0 Å². The van der Waals surface area contributed by atoms with E-state index in [0.29, 0.717) is 0 Å². The van der Waals surface area contributed by atoms with E-state index in [1.165, 1.54) is 0 Å². The summed E-state index contributed by atoms with van der Waals surface area (Å²) in [5.41, 5.74) is 3.86. The fourth-order valence-corrected chi connectivity index (χ4v) is 2.42. The number of alkyl halides is 1. The molecule has 100 valence electrons. The quantitative estimate of drug-likeness (QED) is 0.621. The Labute approximate surface area is 118 Å². The molecule has 0 bridgehead atoms. The average molecular weight is 277 g/mol. The van der Waals surface area contributed by atoms with Crippen LogP contribution in [0.4, 0.5) is 0 Å². The van der Waals surface area contributed by atoms with Crippen molar-refractivity contribution < 1.29 is 4.79 Å². The molecule has 0 aromatic carbocycles. The molecule has 0 aliphatic heterocycles. The number of nitrogens with zero attached hydrogens (tertiary/aromatic N) is 2. The van der Waals surface area contributed by atoms with Gasteiger partial charge in [0.1, 0.15) is 0 Å². The molecule has 0 N–H and O–H groups in total. The summed E-state index contributed by atoms with van der Waals surface area (Å²) < 4.78 is 2.15. The van der Waals surface area contributed by atoms with Crippen molar-refractivity contribution in [3.63, 3.8) is 0 Å². The minimum Gasteiger partial charge on any atom is -0.348 e. The first-order chi connectivity index (χ1) is 9.13. The fraction of sp³-hybridized carbons (Fsp3) is 0.333. The van der Waals surface area contributed by atoms with Crippen LogP contribution in [0.1, 0.15) is 27.4 Å². The Morgan fingerprint density at radius 2 is 2.16 bits per heavy atom. The maximum Gasteiger partial charge on any atom is 0.179 e. The molecule has 0 unspecified atom stereocenters. The minimum atomic E-state index is -0.0150. The van der Waals surface area contributed by atoms with E-state index >= 15 is 0 Å². The van der Waals surface area contributed by atoms with Crippen molar-refractivity contribution in [2.45, 2.75) is 26.8 Å². The van der Waals surface area contributed by atoms with Crippen molar-refractivity contribution >= 4 is 17.4 Å². The Bertz CT molecular complexity index is 575. The molecule has 2 heterocycles.